The summed E-state index contributed by atoms with van der Waals surface area (Å²) in [7, 11) is 0. The smallest absolute Gasteiger partial charge is 0.231 e. The molecule has 0 atom stereocenters. The Balaban J connectivity index is 1.58. The summed E-state index contributed by atoms with van der Waals surface area (Å²) >= 11 is 5.95. The Morgan fingerprint density at radius 1 is 1.17 bits per heavy atom. The van der Waals surface area contributed by atoms with Crippen molar-refractivity contribution in [2.24, 2.45) is 4.99 Å². The van der Waals surface area contributed by atoms with Crippen LogP contribution < -0.4 is 9.47 Å². The summed E-state index contributed by atoms with van der Waals surface area (Å²) in [6.07, 6.45) is 1.66. The largest absolute Gasteiger partial charge is 0.494 e. The number of fused-ring (bicyclic) bond motifs is 2. The predicted octanol–water partition coefficient (Wildman–Crippen LogP) is 3.87. The molecule has 0 spiro atoms. The van der Waals surface area contributed by atoms with E-state index < -0.39 is 0 Å². The van der Waals surface area contributed by atoms with E-state index in [0.29, 0.717) is 17.1 Å². The average Bonchev–Trinajstić information content (AvgIpc) is 3.11. The fraction of sp³-hybridized carbons (Fsp3) is 0.118. The van der Waals surface area contributed by atoms with Gasteiger partial charge in [0.1, 0.15) is 0 Å². The first-order chi connectivity index (χ1) is 11.2. The number of aromatic nitrogens is 1. The highest BCUT2D eigenvalue weighted by Crippen LogP contribution is 2.33. The van der Waals surface area contributed by atoms with E-state index in [1.807, 2.05) is 24.3 Å². The van der Waals surface area contributed by atoms with Crippen LogP contribution in [-0.4, -0.2) is 23.1 Å². The second-order valence-corrected chi connectivity index (χ2v) is 5.67. The highest BCUT2D eigenvalue weighted by molar-refractivity contribution is 6.31. The summed E-state index contributed by atoms with van der Waals surface area (Å²) in [6, 6.07) is 11.1. The zero-order valence-corrected chi connectivity index (χ0v) is 12.8. The molecule has 4 rings (SSSR count). The first-order valence-electron chi connectivity index (χ1n) is 7.09. The van der Waals surface area contributed by atoms with Crippen LogP contribution in [0.15, 0.2) is 41.4 Å². The molecule has 0 amide bonds. The van der Waals surface area contributed by atoms with Gasteiger partial charge in [0.15, 0.2) is 17.4 Å². The van der Waals surface area contributed by atoms with Gasteiger partial charge < -0.3 is 19.6 Å². The van der Waals surface area contributed by atoms with Crippen molar-refractivity contribution in [3.05, 3.63) is 52.5 Å². The molecule has 1 aromatic heterocycles. The van der Waals surface area contributed by atoms with Gasteiger partial charge in [0.2, 0.25) is 6.79 Å². The Morgan fingerprint density at radius 3 is 2.96 bits per heavy atom. The SMILES string of the molecule is Oc1[nH]c2cc(Cl)ccc2c1C=NCc1ccc2c(c1)OCO2. The lowest BCUT2D eigenvalue weighted by Crippen LogP contribution is -1.92. The number of aromatic amines is 1. The van der Waals surface area contributed by atoms with Crippen LogP contribution in [0.2, 0.25) is 5.02 Å². The number of halogens is 1. The lowest BCUT2D eigenvalue weighted by atomic mass is 10.2. The quantitative estimate of drug-likeness (QED) is 0.717. The summed E-state index contributed by atoms with van der Waals surface area (Å²) in [5.41, 5.74) is 2.44. The number of benzene rings is 2. The molecule has 23 heavy (non-hydrogen) atoms. The molecule has 0 aliphatic carbocycles. The third-order valence-corrected chi connectivity index (χ3v) is 3.95. The highest BCUT2D eigenvalue weighted by Gasteiger charge is 2.13. The normalized spacial score (nSPS) is 13.3. The van der Waals surface area contributed by atoms with Crippen molar-refractivity contribution < 1.29 is 14.6 Å². The van der Waals surface area contributed by atoms with Gasteiger partial charge >= 0.3 is 0 Å². The van der Waals surface area contributed by atoms with Crippen molar-refractivity contribution >= 4 is 28.7 Å². The lowest BCUT2D eigenvalue weighted by molar-refractivity contribution is 0.174. The van der Waals surface area contributed by atoms with Gasteiger partial charge in [0.25, 0.3) is 0 Å². The van der Waals surface area contributed by atoms with E-state index in [0.717, 1.165) is 28.0 Å². The Bertz CT molecular complexity index is 918. The second-order valence-electron chi connectivity index (χ2n) is 5.23. The summed E-state index contributed by atoms with van der Waals surface area (Å²) in [5.74, 6) is 1.57. The second kappa shape index (κ2) is 5.52. The van der Waals surface area contributed by atoms with Gasteiger partial charge in [-0.25, -0.2) is 0 Å². The first-order valence-corrected chi connectivity index (χ1v) is 7.47. The monoisotopic (exact) mass is 328 g/mol. The van der Waals surface area contributed by atoms with Crippen LogP contribution >= 0.6 is 11.6 Å². The number of ether oxygens (including phenoxy) is 2. The van der Waals surface area contributed by atoms with Crippen molar-refractivity contribution in [1.82, 2.24) is 4.98 Å². The average molecular weight is 329 g/mol. The molecule has 2 heterocycles. The number of rotatable bonds is 3. The zero-order valence-electron chi connectivity index (χ0n) is 12.0. The molecular formula is C17H13ClN2O3. The van der Waals surface area contributed by atoms with E-state index in [1.165, 1.54) is 0 Å². The summed E-state index contributed by atoms with van der Waals surface area (Å²) < 4.78 is 10.6. The maximum absolute atomic E-state index is 10.0. The van der Waals surface area contributed by atoms with Crippen LogP contribution in [0.25, 0.3) is 10.9 Å². The fourth-order valence-electron chi connectivity index (χ4n) is 2.59. The van der Waals surface area contributed by atoms with Crippen LogP contribution in [0.1, 0.15) is 11.1 Å². The van der Waals surface area contributed by atoms with Crippen LogP contribution in [0, 0.1) is 0 Å². The topological polar surface area (TPSA) is 66.8 Å². The number of hydrogen-bond donors (Lipinski definition) is 2. The van der Waals surface area contributed by atoms with E-state index >= 15 is 0 Å². The van der Waals surface area contributed by atoms with E-state index in [2.05, 4.69) is 9.98 Å². The zero-order chi connectivity index (χ0) is 15.8. The Hall–Kier alpha value is -2.66. The van der Waals surface area contributed by atoms with Gasteiger partial charge in [0, 0.05) is 16.6 Å². The third kappa shape index (κ3) is 2.59. The molecule has 2 N–H and O–H groups in total. The van der Waals surface area contributed by atoms with E-state index in [-0.39, 0.29) is 12.7 Å². The summed E-state index contributed by atoms with van der Waals surface area (Å²) in [6.45, 7) is 0.740. The number of hydrogen-bond acceptors (Lipinski definition) is 4. The van der Waals surface area contributed by atoms with Crippen molar-refractivity contribution in [3.8, 4) is 17.4 Å². The Morgan fingerprint density at radius 2 is 2.04 bits per heavy atom. The maximum Gasteiger partial charge on any atom is 0.231 e. The van der Waals surface area contributed by atoms with Gasteiger partial charge in [-0.15, -0.1) is 0 Å². The number of aromatic hydroxyl groups is 1. The van der Waals surface area contributed by atoms with Crippen LogP contribution in [0.3, 0.4) is 0 Å². The van der Waals surface area contributed by atoms with Crippen molar-refractivity contribution in [2.45, 2.75) is 6.54 Å². The minimum atomic E-state index is 0.0803. The number of nitrogens with zero attached hydrogens (tertiary/aromatic N) is 1. The fourth-order valence-corrected chi connectivity index (χ4v) is 2.76. The van der Waals surface area contributed by atoms with Crippen molar-refractivity contribution in [1.29, 1.82) is 0 Å². The molecule has 0 bridgehead atoms. The molecule has 0 fully saturated rings. The van der Waals surface area contributed by atoms with E-state index in [9.17, 15) is 5.11 Å². The summed E-state index contributed by atoms with van der Waals surface area (Å²) in [4.78, 5) is 7.30. The minimum Gasteiger partial charge on any atom is -0.494 e. The molecule has 1 aliphatic rings. The molecule has 0 radical (unpaired) electrons. The number of nitrogens with one attached hydrogen (secondary N) is 1. The van der Waals surface area contributed by atoms with Crippen LogP contribution in [0.5, 0.6) is 17.4 Å². The molecule has 0 unspecified atom stereocenters. The minimum absolute atomic E-state index is 0.0803. The Labute approximate surface area is 137 Å². The van der Waals surface area contributed by atoms with Crippen molar-refractivity contribution in [3.63, 3.8) is 0 Å². The van der Waals surface area contributed by atoms with Gasteiger partial charge in [-0.1, -0.05) is 23.7 Å². The molecule has 0 saturated carbocycles. The first kappa shape index (κ1) is 14.0. The molecule has 3 aromatic rings. The molecule has 0 saturated heterocycles. The van der Waals surface area contributed by atoms with Gasteiger partial charge in [-0.3, -0.25) is 4.99 Å². The van der Waals surface area contributed by atoms with Gasteiger partial charge in [-0.05, 0) is 29.8 Å². The Kier molecular flexibility index (Phi) is 3.35. The van der Waals surface area contributed by atoms with Crippen LogP contribution in [0.4, 0.5) is 0 Å². The lowest BCUT2D eigenvalue weighted by Gasteiger charge is -1.99. The summed E-state index contributed by atoms with van der Waals surface area (Å²) in [5, 5.41) is 11.5. The van der Waals surface area contributed by atoms with E-state index in [1.54, 1.807) is 18.3 Å². The van der Waals surface area contributed by atoms with Crippen molar-refractivity contribution in [2.75, 3.05) is 6.79 Å². The van der Waals surface area contributed by atoms with Gasteiger partial charge in [0.05, 0.1) is 17.6 Å². The molecule has 6 heteroatoms. The molecule has 5 nitrogen and oxygen atoms in total. The molecule has 116 valence electrons. The van der Waals surface area contributed by atoms with E-state index in [4.69, 9.17) is 21.1 Å². The molecule has 2 aromatic carbocycles. The van der Waals surface area contributed by atoms with Crippen LogP contribution in [-0.2, 0) is 6.54 Å². The predicted molar refractivity (Wildman–Crippen MR) is 88.8 cm³/mol. The van der Waals surface area contributed by atoms with Gasteiger partial charge in [-0.2, -0.15) is 0 Å². The maximum atomic E-state index is 10.0. The third-order valence-electron chi connectivity index (χ3n) is 3.71. The molecule has 1 aliphatic heterocycles. The standard InChI is InChI=1S/C17H13ClN2O3/c18-11-2-3-12-13(17(21)20-14(12)6-11)8-19-7-10-1-4-15-16(5-10)23-9-22-15/h1-6,8,20-21H,7,9H2. The highest BCUT2D eigenvalue weighted by atomic mass is 35.5. The number of aliphatic imine (C=N–C) groups is 1. The molecular weight excluding hydrogens is 316 g/mol. The number of H-pyrrole nitrogens is 1.